The standard InChI is InChI=1S/C44H59N4P/c1-31(2)38-25-19-26-39(32(3)4)42(38)47-35(9)45-29-17-12-18-30-46-44(48-43-40(33(5)6)27-20-28-41(43)34(7)8)49(36-21-13-10-14-22-36)37-23-15-11-16-24-37/h10-11,13-16,19-28,31-34H,12,17-18,29-30H2,1-9H3,(H,45,47)(H,46,48). The molecule has 49 heavy (non-hydrogen) atoms. The maximum Gasteiger partial charge on any atom is 0.133 e. The van der Waals surface area contributed by atoms with E-state index in [-0.39, 0.29) is 0 Å². The molecule has 0 amide bonds. The molecule has 260 valence electrons. The molecule has 0 heterocycles. The quantitative estimate of drug-likeness (QED) is 0.0571. The van der Waals surface area contributed by atoms with Crippen molar-refractivity contribution in [2.45, 2.75) is 105 Å². The van der Waals surface area contributed by atoms with Crippen molar-refractivity contribution in [3.05, 3.63) is 119 Å². The first-order valence-electron chi connectivity index (χ1n) is 18.3. The minimum absolute atomic E-state index is 0.399. The molecule has 4 aromatic carbocycles. The van der Waals surface area contributed by atoms with Crippen molar-refractivity contribution in [2.24, 2.45) is 9.98 Å². The van der Waals surface area contributed by atoms with Gasteiger partial charge >= 0.3 is 0 Å². The first-order chi connectivity index (χ1) is 23.6. The van der Waals surface area contributed by atoms with Crippen LogP contribution in [0.1, 0.15) is 128 Å². The summed E-state index contributed by atoms with van der Waals surface area (Å²) in [6, 6.07) is 35.2. The molecule has 4 rings (SSSR count). The normalized spacial score (nSPS) is 12.5. The fourth-order valence-electron chi connectivity index (χ4n) is 6.27. The molecule has 0 spiro atoms. The minimum atomic E-state index is -0.868. The Morgan fingerprint density at radius 1 is 0.490 bits per heavy atom. The molecule has 4 nitrogen and oxygen atoms in total. The molecule has 0 aliphatic heterocycles. The highest BCUT2D eigenvalue weighted by Gasteiger charge is 2.24. The number of unbranched alkanes of at least 4 members (excludes halogenated alkanes) is 2. The molecule has 0 fully saturated rings. The lowest BCUT2D eigenvalue weighted by molar-refractivity contribution is 0.696. The molecule has 0 aromatic heterocycles. The Hall–Kier alpha value is -3.75. The van der Waals surface area contributed by atoms with E-state index in [4.69, 9.17) is 9.98 Å². The van der Waals surface area contributed by atoms with Gasteiger partial charge in [-0.2, -0.15) is 0 Å². The molecule has 0 saturated heterocycles. The third-order valence-corrected chi connectivity index (χ3v) is 11.3. The van der Waals surface area contributed by atoms with Gasteiger partial charge in [0.05, 0.1) is 5.84 Å². The van der Waals surface area contributed by atoms with Gasteiger partial charge in [-0.1, -0.05) is 152 Å². The van der Waals surface area contributed by atoms with Crippen LogP contribution in [0.4, 0.5) is 11.4 Å². The topological polar surface area (TPSA) is 48.8 Å². The largest absolute Gasteiger partial charge is 0.344 e. The van der Waals surface area contributed by atoms with E-state index in [1.807, 2.05) is 0 Å². The summed E-state index contributed by atoms with van der Waals surface area (Å²) in [6.07, 6.45) is 3.15. The van der Waals surface area contributed by atoms with Crippen LogP contribution in [0.2, 0.25) is 0 Å². The summed E-state index contributed by atoms with van der Waals surface area (Å²) >= 11 is 0. The number of amidine groups is 2. The summed E-state index contributed by atoms with van der Waals surface area (Å²) in [5, 5.41) is 10.3. The number of hydrogen-bond donors (Lipinski definition) is 2. The third kappa shape index (κ3) is 10.6. The SMILES string of the molecule is CC(=NCCCCCN=C(Nc1c(C(C)C)cccc1C(C)C)P(c1ccccc1)c1ccccc1)Nc1c(C(C)C)cccc1C(C)C. The van der Waals surface area contributed by atoms with Crippen LogP contribution in [0.3, 0.4) is 0 Å². The highest BCUT2D eigenvalue weighted by molar-refractivity contribution is 7.88. The van der Waals surface area contributed by atoms with Crippen molar-refractivity contribution in [1.29, 1.82) is 0 Å². The van der Waals surface area contributed by atoms with E-state index in [9.17, 15) is 0 Å². The number of rotatable bonds is 15. The maximum absolute atomic E-state index is 5.40. The van der Waals surface area contributed by atoms with Gasteiger partial charge in [0.15, 0.2) is 0 Å². The Kier molecular flexibility index (Phi) is 14.6. The van der Waals surface area contributed by atoms with Crippen LogP contribution < -0.4 is 21.2 Å². The van der Waals surface area contributed by atoms with Crippen LogP contribution in [0.25, 0.3) is 0 Å². The van der Waals surface area contributed by atoms with E-state index in [2.05, 4.69) is 170 Å². The molecule has 0 aliphatic rings. The second kappa shape index (κ2) is 18.9. The van der Waals surface area contributed by atoms with Crippen molar-refractivity contribution < 1.29 is 0 Å². The molecule has 0 radical (unpaired) electrons. The number of benzene rings is 4. The molecule has 5 heteroatoms. The lowest BCUT2D eigenvalue weighted by Gasteiger charge is -2.26. The third-order valence-electron chi connectivity index (χ3n) is 8.96. The van der Waals surface area contributed by atoms with Crippen molar-refractivity contribution in [3.8, 4) is 0 Å². The molecular formula is C44H59N4P. The zero-order valence-electron chi connectivity index (χ0n) is 31.4. The number of nitrogens with one attached hydrogen (secondary N) is 2. The highest BCUT2D eigenvalue weighted by Crippen LogP contribution is 2.40. The average molecular weight is 675 g/mol. The Labute approximate surface area is 298 Å². The number of para-hydroxylation sites is 2. The monoisotopic (exact) mass is 674 g/mol. The predicted octanol–water partition coefficient (Wildman–Crippen LogP) is 11.8. The lowest BCUT2D eigenvalue weighted by Crippen LogP contribution is -2.25. The Balaban J connectivity index is 1.53. The Morgan fingerprint density at radius 2 is 0.878 bits per heavy atom. The van der Waals surface area contributed by atoms with E-state index in [0.29, 0.717) is 23.7 Å². The zero-order chi connectivity index (χ0) is 35.3. The smallest absolute Gasteiger partial charge is 0.133 e. The van der Waals surface area contributed by atoms with Crippen LogP contribution in [0.15, 0.2) is 107 Å². The molecular weight excluding hydrogens is 615 g/mol. The van der Waals surface area contributed by atoms with Crippen molar-refractivity contribution in [2.75, 3.05) is 23.7 Å². The van der Waals surface area contributed by atoms with Crippen LogP contribution >= 0.6 is 7.92 Å². The minimum Gasteiger partial charge on any atom is -0.344 e. The summed E-state index contributed by atoms with van der Waals surface area (Å²) in [4.78, 5) is 10.3. The summed E-state index contributed by atoms with van der Waals surface area (Å²) in [7, 11) is -0.868. The van der Waals surface area contributed by atoms with Gasteiger partial charge in [-0.05, 0) is 82.7 Å². The second-order valence-electron chi connectivity index (χ2n) is 14.2. The molecule has 0 bridgehead atoms. The highest BCUT2D eigenvalue weighted by atomic mass is 31.1. The van der Waals surface area contributed by atoms with Crippen molar-refractivity contribution in [1.82, 2.24) is 0 Å². The molecule has 2 N–H and O–H groups in total. The van der Waals surface area contributed by atoms with Gasteiger partial charge < -0.3 is 10.6 Å². The lowest BCUT2D eigenvalue weighted by atomic mass is 9.92. The summed E-state index contributed by atoms with van der Waals surface area (Å²) < 4.78 is 0. The summed E-state index contributed by atoms with van der Waals surface area (Å²) in [5.74, 6) is 2.69. The summed E-state index contributed by atoms with van der Waals surface area (Å²) in [6.45, 7) is 21.9. The van der Waals surface area contributed by atoms with E-state index in [1.54, 1.807) is 0 Å². The van der Waals surface area contributed by atoms with Gasteiger partial charge in [-0.3, -0.25) is 9.98 Å². The van der Waals surface area contributed by atoms with Gasteiger partial charge in [0.2, 0.25) is 0 Å². The average Bonchev–Trinajstić information content (AvgIpc) is 3.08. The van der Waals surface area contributed by atoms with Crippen LogP contribution in [-0.2, 0) is 0 Å². The molecule has 0 aliphatic carbocycles. The van der Waals surface area contributed by atoms with Gasteiger partial charge in [0.25, 0.3) is 0 Å². The van der Waals surface area contributed by atoms with Crippen molar-refractivity contribution in [3.63, 3.8) is 0 Å². The first kappa shape index (κ1) is 38.1. The van der Waals surface area contributed by atoms with Crippen molar-refractivity contribution >= 4 is 41.3 Å². The van der Waals surface area contributed by atoms with Gasteiger partial charge in [0, 0.05) is 32.4 Å². The molecule has 0 saturated carbocycles. The number of aliphatic imine (C=N–C) groups is 2. The van der Waals surface area contributed by atoms with Gasteiger partial charge in [-0.25, -0.2) is 0 Å². The van der Waals surface area contributed by atoms with E-state index in [1.165, 1.54) is 44.2 Å². The van der Waals surface area contributed by atoms with Crippen LogP contribution in [0, 0.1) is 0 Å². The van der Waals surface area contributed by atoms with Crippen LogP contribution in [-0.4, -0.2) is 24.5 Å². The van der Waals surface area contributed by atoms with Gasteiger partial charge in [0.1, 0.15) is 5.58 Å². The van der Waals surface area contributed by atoms with E-state index < -0.39 is 7.92 Å². The molecule has 0 unspecified atom stereocenters. The Morgan fingerprint density at radius 3 is 1.29 bits per heavy atom. The second-order valence-corrected chi connectivity index (χ2v) is 16.4. The Bertz CT molecular complexity index is 1560. The molecule has 4 aromatic rings. The fraction of sp³-hybridized carbons (Fsp3) is 0.409. The number of anilines is 2. The van der Waals surface area contributed by atoms with E-state index in [0.717, 1.165) is 43.8 Å². The zero-order valence-corrected chi connectivity index (χ0v) is 32.3. The molecule has 0 atom stereocenters. The van der Waals surface area contributed by atoms with E-state index >= 15 is 0 Å². The number of nitrogens with zero attached hydrogens (tertiary/aromatic N) is 2. The summed E-state index contributed by atoms with van der Waals surface area (Å²) in [5.41, 5.74) is 8.92. The predicted molar refractivity (Wildman–Crippen MR) is 220 cm³/mol. The van der Waals surface area contributed by atoms with Gasteiger partial charge in [-0.15, -0.1) is 0 Å². The fourth-order valence-corrected chi connectivity index (χ4v) is 8.46. The number of hydrogen-bond acceptors (Lipinski definition) is 2. The van der Waals surface area contributed by atoms with Crippen LogP contribution in [0.5, 0.6) is 0 Å². The maximum atomic E-state index is 5.40. The first-order valence-corrected chi connectivity index (χ1v) is 19.7.